The number of nitrogens with one attached hydrogen (secondary N) is 2. The average molecular weight is 667 g/mol. The number of hydrogen-bond acceptors (Lipinski definition) is 6. The molecule has 1 saturated carbocycles. The zero-order valence-electron chi connectivity index (χ0n) is 28.4. The van der Waals surface area contributed by atoms with E-state index in [0.717, 1.165) is 67.4 Å². The number of carbonyl (C=O) groups excluding carboxylic acids is 3. The molecule has 8 heteroatoms. The zero-order valence-corrected chi connectivity index (χ0v) is 28.4. The molecule has 3 aromatic rings. The summed E-state index contributed by atoms with van der Waals surface area (Å²) in [5.74, 6) is -0.791. The number of allylic oxidation sites excluding steroid dienone is 2. The number of carbonyl (C=O) groups is 3. The summed E-state index contributed by atoms with van der Waals surface area (Å²) in [4.78, 5) is 40.4. The lowest BCUT2D eigenvalue weighted by molar-refractivity contribution is -0.152. The highest BCUT2D eigenvalue weighted by molar-refractivity contribution is 5.86. The molecule has 1 fully saturated rings. The van der Waals surface area contributed by atoms with Crippen LogP contribution in [0, 0.1) is 11.8 Å². The van der Waals surface area contributed by atoms with E-state index >= 15 is 0 Å². The Hall–Kier alpha value is -4.43. The Bertz CT molecular complexity index is 1500. The highest BCUT2D eigenvalue weighted by Gasteiger charge is 2.39. The van der Waals surface area contributed by atoms with Crippen molar-refractivity contribution in [3.63, 3.8) is 0 Å². The molecule has 0 aromatic heterocycles. The molecular weight excluding hydrogens is 616 g/mol. The quantitative estimate of drug-likeness (QED) is 0.165. The topological polar surface area (TPSA) is 114 Å². The Balaban J connectivity index is 1.18. The van der Waals surface area contributed by atoms with E-state index in [-0.39, 0.29) is 43.3 Å². The third kappa shape index (κ3) is 11.3. The molecule has 3 unspecified atom stereocenters. The van der Waals surface area contributed by atoms with Crippen molar-refractivity contribution >= 4 is 17.8 Å². The van der Waals surface area contributed by atoms with Crippen LogP contribution in [-0.4, -0.2) is 47.7 Å². The van der Waals surface area contributed by atoms with Gasteiger partial charge in [-0.05, 0) is 80.2 Å². The maximum absolute atomic E-state index is 13.8. The predicted molar refractivity (Wildman–Crippen MR) is 190 cm³/mol. The van der Waals surface area contributed by atoms with Crippen molar-refractivity contribution in [2.75, 3.05) is 13.2 Å². The van der Waals surface area contributed by atoms with Crippen molar-refractivity contribution in [1.29, 1.82) is 0 Å². The van der Waals surface area contributed by atoms with Crippen LogP contribution in [0.5, 0.6) is 5.75 Å². The van der Waals surface area contributed by atoms with Crippen molar-refractivity contribution in [2.45, 2.75) is 88.8 Å². The van der Waals surface area contributed by atoms with Crippen LogP contribution < -0.4 is 15.4 Å². The number of benzene rings is 3. The van der Waals surface area contributed by atoms with Crippen LogP contribution >= 0.6 is 0 Å². The third-order valence-electron chi connectivity index (χ3n) is 9.65. The molecule has 1 spiro atoms. The Morgan fingerprint density at radius 1 is 0.878 bits per heavy atom. The molecule has 2 aliphatic rings. The van der Waals surface area contributed by atoms with Crippen molar-refractivity contribution in [3.8, 4) is 5.75 Å². The molecule has 0 saturated heterocycles. The Kier molecular flexibility index (Phi) is 13.4. The molecule has 3 aromatic carbocycles. The van der Waals surface area contributed by atoms with Crippen LogP contribution in [0.4, 0.5) is 0 Å². The lowest BCUT2D eigenvalue weighted by Crippen LogP contribution is -2.53. The van der Waals surface area contributed by atoms with Gasteiger partial charge >= 0.3 is 5.97 Å². The van der Waals surface area contributed by atoms with Crippen molar-refractivity contribution in [1.82, 2.24) is 10.6 Å². The summed E-state index contributed by atoms with van der Waals surface area (Å²) in [6.45, 7) is 0.385. The van der Waals surface area contributed by atoms with E-state index in [2.05, 4.69) is 10.6 Å². The van der Waals surface area contributed by atoms with Crippen LogP contribution in [-0.2, 0) is 38.6 Å². The van der Waals surface area contributed by atoms with Gasteiger partial charge in [-0.2, -0.15) is 0 Å². The van der Waals surface area contributed by atoms with Crippen molar-refractivity contribution < 1.29 is 29.0 Å². The molecule has 2 amide bonds. The van der Waals surface area contributed by atoms with Gasteiger partial charge in [-0.1, -0.05) is 97.8 Å². The highest BCUT2D eigenvalue weighted by atomic mass is 16.5. The van der Waals surface area contributed by atoms with Crippen LogP contribution in [0.3, 0.4) is 0 Å². The maximum Gasteiger partial charge on any atom is 0.309 e. The Morgan fingerprint density at radius 3 is 2.27 bits per heavy atom. The van der Waals surface area contributed by atoms with Gasteiger partial charge in [0.1, 0.15) is 19.0 Å². The smallest absolute Gasteiger partial charge is 0.309 e. The summed E-state index contributed by atoms with van der Waals surface area (Å²) in [7, 11) is 0. The van der Waals surface area contributed by atoms with E-state index in [9.17, 15) is 19.5 Å². The number of aliphatic hydroxyl groups is 1. The summed E-state index contributed by atoms with van der Waals surface area (Å²) in [6, 6.07) is 27.1. The standard InChI is InChI=1S/C41H50N2O6/c44-28-36(26-32-19-21-37(22-20-32)48-29-33-15-7-4-8-16-33)42-38(45)27-34-17-9-1-2-10-18-35(25-31-13-5-3-6-14-31)40(47)49-30-41(43-39(34)46)23-11-12-24-41/h1,3-9,13-16,19-22,34-36,44H,2,10-12,17-18,23-30H2,(H,42,45)(H,43,46). The molecule has 8 nitrogen and oxygen atoms in total. The molecule has 0 radical (unpaired) electrons. The molecule has 1 aliphatic carbocycles. The van der Waals surface area contributed by atoms with Gasteiger partial charge in [0.2, 0.25) is 11.8 Å². The number of amides is 2. The fourth-order valence-electron chi connectivity index (χ4n) is 6.81. The van der Waals surface area contributed by atoms with Gasteiger partial charge in [-0.3, -0.25) is 14.4 Å². The van der Waals surface area contributed by atoms with E-state index in [0.29, 0.717) is 25.9 Å². The predicted octanol–water partition coefficient (Wildman–Crippen LogP) is 6.25. The molecular formula is C41H50N2O6. The molecule has 0 bridgehead atoms. The number of esters is 1. The number of rotatable bonds is 11. The van der Waals surface area contributed by atoms with Crippen LogP contribution in [0.2, 0.25) is 0 Å². The van der Waals surface area contributed by atoms with Crippen LogP contribution in [0.15, 0.2) is 97.1 Å². The van der Waals surface area contributed by atoms with E-state index in [1.807, 2.05) is 97.1 Å². The van der Waals surface area contributed by atoms with Crippen LogP contribution in [0.25, 0.3) is 0 Å². The number of aliphatic hydroxyl groups excluding tert-OH is 1. The normalized spacial score (nSPS) is 20.5. The summed E-state index contributed by atoms with van der Waals surface area (Å²) >= 11 is 0. The van der Waals surface area contributed by atoms with Gasteiger partial charge in [0, 0.05) is 6.42 Å². The lowest BCUT2D eigenvalue weighted by atomic mass is 9.92. The van der Waals surface area contributed by atoms with Gasteiger partial charge in [-0.15, -0.1) is 0 Å². The molecule has 3 atom stereocenters. The first-order chi connectivity index (χ1) is 23.9. The molecule has 1 aliphatic heterocycles. The monoisotopic (exact) mass is 666 g/mol. The SMILES string of the molecule is O=C(CC1CC=CCCCC(Cc2ccccc2)C(=O)OCC2(CCCC2)NC1=O)NC(CO)Cc1ccc(OCc2ccccc2)cc1. The fraction of sp³-hybridized carbons (Fsp3) is 0.439. The minimum Gasteiger partial charge on any atom is -0.489 e. The zero-order chi connectivity index (χ0) is 34.3. The van der Waals surface area contributed by atoms with Gasteiger partial charge in [0.25, 0.3) is 0 Å². The number of hydrogen-bond donors (Lipinski definition) is 3. The molecule has 3 N–H and O–H groups in total. The Labute approximate surface area is 290 Å². The summed E-state index contributed by atoms with van der Waals surface area (Å²) in [5.41, 5.74) is 2.52. The summed E-state index contributed by atoms with van der Waals surface area (Å²) in [5, 5.41) is 16.3. The summed E-state index contributed by atoms with van der Waals surface area (Å²) < 4.78 is 11.8. The Morgan fingerprint density at radius 2 is 1.57 bits per heavy atom. The molecule has 49 heavy (non-hydrogen) atoms. The first kappa shape index (κ1) is 35.9. The molecule has 260 valence electrons. The van der Waals surface area contributed by atoms with E-state index in [1.54, 1.807) is 0 Å². The molecule has 1 heterocycles. The minimum atomic E-state index is -0.628. The van der Waals surface area contributed by atoms with Gasteiger partial charge in [-0.25, -0.2) is 0 Å². The second-order valence-corrected chi connectivity index (χ2v) is 13.6. The van der Waals surface area contributed by atoms with Gasteiger partial charge in [0.15, 0.2) is 0 Å². The van der Waals surface area contributed by atoms with E-state index in [1.165, 1.54) is 0 Å². The van der Waals surface area contributed by atoms with Crippen molar-refractivity contribution in [3.05, 3.63) is 114 Å². The third-order valence-corrected chi connectivity index (χ3v) is 9.65. The van der Waals surface area contributed by atoms with E-state index in [4.69, 9.17) is 9.47 Å². The minimum absolute atomic E-state index is 0.00600. The van der Waals surface area contributed by atoms with E-state index < -0.39 is 17.5 Å². The second kappa shape index (κ2) is 18.4. The first-order valence-electron chi connectivity index (χ1n) is 17.7. The summed E-state index contributed by atoms with van der Waals surface area (Å²) in [6.07, 6.45) is 11.2. The molecule has 5 rings (SSSR count). The first-order valence-corrected chi connectivity index (χ1v) is 17.7. The van der Waals surface area contributed by atoms with Gasteiger partial charge in [0.05, 0.1) is 30.0 Å². The van der Waals surface area contributed by atoms with Gasteiger partial charge < -0.3 is 25.2 Å². The average Bonchev–Trinajstić information content (AvgIpc) is 3.59. The van der Waals surface area contributed by atoms with Crippen LogP contribution in [0.1, 0.15) is 74.5 Å². The van der Waals surface area contributed by atoms with Crippen molar-refractivity contribution in [2.24, 2.45) is 11.8 Å². The maximum atomic E-state index is 13.8. The fourth-order valence-corrected chi connectivity index (χ4v) is 6.81. The largest absolute Gasteiger partial charge is 0.489 e. The number of ether oxygens (including phenoxy) is 2. The lowest BCUT2D eigenvalue weighted by Gasteiger charge is -2.32. The second-order valence-electron chi connectivity index (χ2n) is 13.6. The number of cyclic esters (lactones) is 1. The highest BCUT2D eigenvalue weighted by Crippen LogP contribution is 2.32.